The predicted octanol–water partition coefficient (Wildman–Crippen LogP) is 2.47. The number of carbonyl (C=O) groups excluding carboxylic acids is 1. The number of hydrogen-bond donors (Lipinski definition) is 4. The normalized spacial score (nSPS) is 11.1. The van der Waals surface area contributed by atoms with Crippen molar-refractivity contribution in [3.05, 3.63) is 53.8 Å². The van der Waals surface area contributed by atoms with Crippen LogP contribution in [0.5, 0.6) is 17.2 Å². The average molecular weight is 463 g/mol. The summed E-state index contributed by atoms with van der Waals surface area (Å²) in [5.74, 6) is -1.13. The molecule has 0 aliphatic rings. The zero-order valence-electron chi connectivity index (χ0n) is 17.2. The highest BCUT2D eigenvalue weighted by Gasteiger charge is 2.17. The number of carbonyl (C=O) groups is 1. The van der Waals surface area contributed by atoms with Gasteiger partial charge < -0.3 is 29.5 Å². The molecule has 2 aromatic carbocycles. The second kappa shape index (κ2) is 9.47. The van der Waals surface area contributed by atoms with Crippen LogP contribution < -0.4 is 14.8 Å². The summed E-state index contributed by atoms with van der Waals surface area (Å²) in [6.45, 7) is 1.99. The maximum atomic E-state index is 12.4. The summed E-state index contributed by atoms with van der Waals surface area (Å²) in [7, 11) is -2.63. The summed E-state index contributed by atoms with van der Waals surface area (Å²) in [5.41, 5.74) is 0.607. The number of sulfonamides is 1. The average Bonchev–Trinajstić information content (AvgIpc) is 3.16. The lowest BCUT2D eigenvalue weighted by molar-refractivity contribution is 0.0599. The standard InChI is InChI=1S/C20H21N3O8S/c1-12-9-18(22-31-12)23-32(27,28)15-5-3-14(4-6-15)21-7-8-30-19-16(24)10-13(11-17(19)25)20(26)29-2/h3-6,9-11,21,24-25H,7-8H2,1-2H3,(H,22,23). The summed E-state index contributed by atoms with van der Waals surface area (Å²) in [5, 5.41) is 26.5. The fourth-order valence-electron chi connectivity index (χ4n) is 2.69. The van der Waals surface area contributed by atoms with Crippen LogP contribution in [0.25, 0.3) is 0 Å². The molecule has 170 valence electrons. The third kappa shape index (κ3) is 5.40. The van der Waals surface area contributed by atoms with E-state index in [2.05, 4.69) is 19.9 Å². The van der Waals surface area contributed by atoms with Gasteiger partial charge in [0.05, 0.1) is 17.6 Å². The first-order valence-electron chi connectivity index (χ1n) is 9.27. The van der Waals surface area contributed by atoms with Gasteiger partial charge in [0.15, 0.2) is 17.3 Å². The summed E-state index contributed by atoms with van der Waals surface area (Å²) in [6, 6.07) is 9.70. The van der Waals surface area contributed by atoms with Crippen molar-refractivity contribution in [2.24, 2.45) is 0 Å². The van der Waals surface area contributed by atoms with Crippen molar-refractivity contribution in [3.8, 4) is 17.2 Å². The lowest BCUT2D eigenvalue weighted by Crippen LogP contribution is -2.14. The van der Waals surface area contributed by atoms with Crippen molar-refractivity contribution in [1.82, 2.24) is 5.16 Å². The van der Waals surface area contributed by atoms with Crippen LogP contribution >= 0.6 is 0 Å². The minimum absolute atomic E-state index is 0.0174. The van der Waals surface area contributed by atoms with E-state index in [0.717, 1.165) is 12.1 Å². The van der Waals surface area contributed by atoms with Crippen molar-refractivity contribution in [1.29, 1.82) is 0 Å². The molecule has 0 radical (unpaired) electrons. The molecule has 12 heteroatoms. The van der Waals surface area contributed by atoms with Crippen molar-refractivity contribution >= 4 is 27.5 Å². The van der Waals surface area contributed by atoms with E-state index >= 15 is 0 Å². The molecule has 1 heterocycles. The van der Waals surface area contributed by atoms with Crippen molar-refractivity contribution < 1.29 is 37.4 Å². The molecule has 3 aromatic rings. The van der Waals surface area contributed by atoms with Gasteiger partial charge in [-0.05, 0) is 43.3 Å². The number of esters is 1. The SMILES string of the molecule is COC(=O)c1cc(O)c(OCCNc2ccc(S(=O)(=O)Nc3cc(C)on3)cc2)c(O)c1. The first-order chi connectivity index (χ1) is 15.2. The Hall–Kier alpha value is -3.93. The Morgan fingerprint density at radius 3 is 2.34 bits per heavy atom. The molecule has 0 amide bonds. The quantitative estimate of drug-likeness (QED) is 0.274. The fraction of sp³-hybridized carbons (Fsp3) is 0.200. The maximum Gasteiger partial charge on any atom is 0.338 e. The molecule has 3 rings (SSSR count). The first-order valence-corrected chi connectivity index (χ1v) is 10.7. The van der Waals surface area contributed by atoms with Gasteiger partial charge in [-0.2, -0.15) is 0 Å². The second-order valence-electron chi connectivity index (χ2n) is 6.56. The monoisotopic (exact) mass is 463 g/mol. The van der Waals surface area contributed by atoms with Crippen LogP contribution in [-0.2, 0) is 14.8 Å². The molecular formula is C20H21N3O8S. The van der Waals surface area contributed by atoms with E-state index in [-0.39, 0.29) is 35.2 Å². The Morgan fingerprint density at radius 2 is 1.78 bits per heavy atom. The van der Waals surface area contributed by atoms with Crippen LogP contribution in [0.4, 0.5) is 11.5 Å². The number of aromatic nitrogens is 1. The molecule has 0 atom stereocenters. The van der Waals surface area contributed by atoms with Crippen molar-refractivity contribution in [3.63, 3.8) is 0 Å². The smallest absolute Gasteiger partial charge is 0.338 e. The number of ether oxygens (including phenoxy) is 2. The Bertz CT molecular complexity index is 1180. The van der Waals surface area contributed by atoms with Crippen molar-refractivity contribution in [2.75, 3.05) is 30.3 Å². The number of aryl methyl sites for hydroxylation is 1. The van der Waals surface area contributed by atoms with Crippen LogP contribution in [-0.4, -0.2) is 50.0 Å². The Kier molecular flexibility index (Phi) is 6.73. The number of nitrogens with zero attached hydrogens (tertiary/aromatic N) is 1. The highest BCUT2D eigenvalue weighted by molar-refractivity contribution is 7.92. The number of hydrogen-bond acceptors (Lipinski definition) is 10. The number of phenols is 2. The zero-order chi connectivity index (χ0) is 23.3. The van der Waals surface area contributed by atoms with Gasteiger partial charge in [-0.3, -0.25) is 4.72 Å². The van der Waals surface area contributed by atoms with Crippen LogP contribution in [0.15, 0.2) is 51.9 Å². The van der Waals surface area contributed by atoms with Gasteiger partial charge >= 0.3 is 5.97 Å². The molecule has 1 aromatic heterocycles. The van der Waals surface area contributed by atoms with Crippen LogP contribution in [0.1, 0.15) is 16.1 Å². The van der Waals surface area contributed by atoms with Crippen LogP contribution in [0.3, 0.4) is 0 Å². The van der Waals surface area contributed by atoms with Gasteiger partial charge in [0.2, 0.25) is 5.75 Å². The van der Waals surface area contributed by atoms with Gasteiger partial charge in [-0.15, -0.1) is 0 Å². The molecule has 4 N–H and O–H groups in total. The van der Waals surface area contributed by atoms with E-state index in [1.54, 1.807) is 19.1 Å². The summed E-state index contributed by atoms with van der Waals surface area (Å²) < 4.78 is 41.8. The van der Waals surface area contributed by atoms with Crippen LogP contribution in [0.2, 0.25) is 0 Å². The van der Waals surface area contributed by atoms with E-state index in [1.807, 2.05) is 0 Å². The molecule has 32 heavy (non-hydrogen) atoms. The van der Waals surface area contributed by atoms with Crippen LogP contribution in [0, 0.1) is 6.92 Å². The van der Waals surface area contributed by atoms with E-state index in [4.69, 9.17) is 9.26 Å². The van der Waals surface area contributed by atoms with E-state index in [1.165, 1.54) is 25.3 Å². The molecule has 11 nitrogen and oxygen atoms in total. The minimum atomic E-state index is -3.81. The number of nitrogens with one attached hydrogen (secondary N) is 2. The van der Waals surface area contributed by atoms with Gasteiger partial charge in [0.1, 0.15) is 12.4 Å². The van der Waals surface area contributed by atoms with Gasteiger partial charge in [-0.1, -0.05) is 5.16 Å². The summed E-state index contributed by atoms with van der Waals surface area (Å²) in [6.07, 6.45) is 0. The van der Waals surface area contributed by atoms with Gasteiger partial charge in [0.25, 0.3) is 10.0 Å². The Labute approximate surface area is 183 Å². The van der Waals surface area contributed by atoms with Gasteiger partial charge in [0, 0.05) is 18.3 Å². The number of phenolic OH excluding ortho intramolecular Hbond substituents is 2. The molecule has 0 saturated carbocycles. The van der Waals surface area contributed by atoms with E-state index in [0.29, 0.717) is 11.4 Å². The number of anilines is 2. The second-order valence-corrected chi connectivity index (χ2v) is 8.25. The first kappa shape index (κ1) is 22.7. The number of aromatic hydroxyl groups is 2. The maximum absolute atomic E-state index is 12.4. The molecule has 0 aliphatic heterocycles. The Balaban J connectivity index is 1.54. The van der Waals surface area contributed by atoms with Crippen molar-refractivity contribution in [2.45, 2.75) is 11.8 Å². The van der Waals surface area contributed by atoms with Gasteiger partial charge in [-0.25, -0.2) is 13.2 Å². The summed E-state index contributed by atoms with van der Waals surface area (Å²) in [4.78, 5) is 11.5. The number of benzene rings is 2. The third-order valence-corrected chi connectivity index (χ3v) is 5.55. The summed E-state index contributed by atoms with van der Waals surface area (Å²) >= 11 is 0. The fourth-order valence-corrected chi connectivity index (χ4v) is 3.68. The number of methoxy groups -OCH3 is 1. The lowest BCUT2D eigenvalue weighted by atomic mass is 10.2. The predicted molar refractivity (Wildman–Crippen MR) is 114 cm³/mol. The van der Waals surface area contributed by atoms with E-state index in [9.17, 15) is 23.4 Å². The number of rotatable bonds is 9. The molecule has 0 saturated heterocycles. The molecule has 0 bridgehead atoms. The Morgan fingerprint density at radius 1 is 1.12 bits per heavy atom. The minimum Gasteiger partial charge on any atom is -0.504 e. The largest absolute Gasteiger partial charge is 0.504 e. The molecular weight excluding hydrogens is 442 g/mol. The topological polar surface area (TPSA) is 160 Å². The molecule has 0 spiro atoms. The highest BCUT2D eigenvalue weighted by Crippen LogP contribution is 2.37. The third-order valence-electron chi connectivity index (χ3n) is 4.18. The van der Waals surface area contributed by atoms with E-state index < -0.39 is 27.5 Å². The molecule has 0 unspecified atom stereocenters. The highest BCUT2D eigenvalue weighted by atomic mass is 32.2. The molecule has 0 fully saturated rings. The molecule has 0 aliphatic carbocycles. The lowest BCUT2D eigenvalue weighted by Gasteiger charge is -2.12. The zero-order valence-corrected chi connectivity index (χ0v) is 18.0.